The molecule has 1 fully saturated rings. The minimum absolute atomic E-state index is 0.0228. The number of aliphatic hydroxyl groups excluding tert-OH is 1. The Labute approximate surface area is 182 Å². The summed E-state index contributed by atoms with van der Waals surface area (Å²) in [6, 6.07) is 11.4. The maximum absolute atomic E-state index is 12.7. The molecule has 31 heavy (non-hydrogen) atoms. The van der Waals surface area contributed by atoms with Crippen molar-refractivity contribution in [3.63, 3.8) is 0 Å². The van der Waals surface area contributed by atoms with Crippen LogP contribution in [0.3, 0.4) is 0 Å². The molecule has 0 bridgehead atoms. The van der Waals surface area contributed by atoms with Gasteiger partial charge in [-0.15, -0.1) is 0 Å². The van der Waals surface area contributed by atoms with Gasteiger partial charge in [0.05, 0.1) is 12.6 Å². The maximum atomic E-state index is 12.7. The fourth-order valence-electron chi connectivity index (χ4n) is 4.76. The highest BCUT2D eigenvalue weighted by atomic mass is 16.3. The second-order valence-electron chi connectivity index (χ2n) is 8.62. The molecular weight excluding hydrogens is 392 g/mol. The lowest BCUT2D eigenvalue weighted by Gasteiger charge is -2.46. The summed E-state index contributed by atoms with van der Waals surface area (Å²) in [5.74, 6) is 1.20. The third kappa shape index (κ3) is 4.28. The van der Waals surface area contributed by atoms with E-state index >= 15 is 0 Å². The number of benzene rings is 1. The van der Waals surface area contributed by atoms with Crippen molar-refractivity contribution in [1.29, 1.82) is 0 Å². The van der Waals surface area contributed by atoms with E-state index in [0.717, 1.165) is 35.6 Å². The zero-order valence-corrected chi connectivity index (χ0v) is 18.3. The van der Waals surface area contributed by atoms with Gasteiger partial charge in [-0.1, -0.05) is 13.0 Å². The van der Waals surface area contributed by atoms with Crippen LogP contribution in [0.1, 0.15) is 54.3 Å². The van der Waals surface area contributed by atoms with Crippen molar-refractivity contribution >= 4 is 23.3 Å². The highest BCUT2D eigenvalue weighted by Crippen LogP contribution is 2.50. The highest BCUT2D eigenvalue weighted by Gasteiger charge is 2.47. The third-order valence-corrected chi connectivity index (χ3v) is 6.28. The van der Waals surface area contributed by atoms with Gasteiger partial charge < -0.3 is 20.6 Å². The number of rotatable bonds is 6. The summed E-state index contributed by atoms with van der Waals surface area (Å²) < 4.78 is 0. The summed E-state index contributed by atoms with van der Waals surface area (Å²) in [5.41, 5.74) is 3.21. The van der Waals surface area contributed by atoms with E-state index in [1.165, 1.54) is 0 Å². The van der Waals surface area contributed by atoms with E-state index in [1.54, 1.807) is 13.0 Å². The molecule has 7 nitrogen and oxygen atoms in total. The molecule has 1 aliphatic heterocycles. The van der Waals surface area contributed by atoms with E-state index < -0.39 is 0 Å². The Morgan fingerprint density at radius 1 is 1.23 bits per heavy atom. The molecule has 1 aromatic heterocycles. The lowest BCUT2D eigenvalue weighted by molar-refractivity contribution is -0.117. The lowest BCUT2D eigenvalue weighted by Crippen LogP contribution is -2.51. The van der Waals surface area contributed by atoms with E-state index in [4.69, 9.17) is 5.11 Å². The Bertz CT molecular complexity index is 989. The average molecular weight is 423 g/mol. The number of aryl methyl sites for hydroxylation is 1. The summed E-state index contributed by atoms with van der Waals surface area (Å²) in [6.07, 6.45) is 2.26. The number of hydrogen-bond donors (Lipinski definition) is 3. The van der Waals surface area contributed by atoms with Gasteiger partial charge in [0.2, 0.25) is 5.91 Å². The van der Waals surface area contributed by atoms with E-state index in [2.05, 4.69) is 22.5 Å². The number of nitrogens with zero attached hydrogens (tertiary/aromatic N) is 2. The van der Waals surface area contributed by atoms with Crippen LogP contribution >= 0.6 is 0 Å². The van der Waals surface area contributed by atoms with Gasteiger partial charge in [-0.3, -0.25) is 9.59 Å². The van der Waals surface area contributed by atoms with Crippen LogP contribution in [0.2, 0.25) is 0 Å². The van der Waals surface area contributed by atoms with E-state index in [1.807, 2.05) is 42.2 Å². The van der Waals surface area contributed by atoms with E-state index in [9.17, 15) is 9.59 Å². The summed E-state index contributed by atoms with van der Waals surface area (Å²) in [7, 11) is 0. The zero-order valence-electron chi connectivity index (χ0n) is 18.3. The van der Waals surface area contributed by atoms with Crippen LogP contribution in [-0.4, -0.2) is 41.1 Å². The van der Waals surface area contributed by atoms with Crippen LogP contribution in [-0.2, 0) is 4.79 Å². The fourth-order valence-corrected chi connectivity index (χ4v) is 4.76. The first-order valence-corrected chi connectivity index (χ1v) is 10.9. The molecule has 2 aliphatic rings. The van der Waals surface area contributed by atoms with Crippen LogP contribution in [0, 0.1) is 18.8 Å². The highest BCUT2D eigenvalue weighted by molar-refractivity contribution is 5.98. The van der Waals surface area contributed by atoms with E-state index in [0.29, 0.717) is 11.5 Å². The number of carbonyl (C=O) groups is 2. The van der Waals surface area contributed by atoms with Crippen molar-refractivity contribution < 1.29 is 14.7 Å². The zero-order chi connectivity index (χ0) is 22.1. The molecule has 1 saturated carbocycles. The smallest absolute Gasteiger partial charge is 0.251 e. The Kier molecular flexibility index (Phi) is 5.96. The van der Waals surface area contributed by atoms with Gasteiger partial charge in [-0.2, -0.15) is 0 Å². The fraction of sp³-hybridized carbons (Fsp3) is 0.458. The predicted octanol–water partition coefficient (Wildman–Crippen LogP) is 3.05. The molecule has 1 aliphatic carbocycles. The molecule has 3 N–H and O–H groups in total. The molecular formula is C24H30N4O3. The normalized spacial score (nSPS) is 22.6. The standard InChI is InChI=1S/C24H30N4O3/c1-14-5-4-6-21(26-14)27-22-15(2)23(17-7-8-17)28(16(3)30)20-10-9-18(13-19(20)22)24(31)25-11-12-29/h4-6,9-10,13,15,17,22-23,29H,7-8,11-12H2,1-3H3,(H,25,31)(H,26,27)/t15-,22-,23-/m1/s1. The number of nitrogens with one attached hydrogen (secondary N) is 2. The van der Waals surface area contributed by atoms with Crippen molar-refractivity contribution in [3.8, 4) is 0 Å². The van der Waals surface area contributed by atoms with Gasteiger partial charge in [0, 0.05) is 42.4 Å². The number of aliphatic hydroxyl groups is 1. The van der Waals surface area contributed by atoms with Gasteiger partial charge >= 0.3 is 0 Å². The number of amides is 2. The van der Waals surface area contributed by atoms with Crippen LogP contribution < -0.4 is 15.5 Å². The number of carbonyl (C=O) groups excluding carboxylic acids is 2. The number of hydrogen-bond acceptors (Lipinski definition) is 5. The van der Waals surface area contributed by atoms with Crippen LogP contribution in [0.25, 0.3) is 0 Å². The van der Waals surface area contributed by atoms with Crippen molar-refractivity contribution in [2.75, 3.05) is 23.4 Å². The molecule has 3 atom stereocenters. The Morgan fingerprint density at radius 2 is 2.00 bits per heavy atom. The molecule has 4 rings (SSSR count). The number of anilines is 2. The molecule has 0 saturated heterocycles. The second-order valence-corrected chi connectivity index (χ2v) is 8.62. The maximum Gasteiger partial charge on any atom is 0.251 e. The molecule has 1 aromatic carbocycles. The average Bonchev–Trinajstić information content (AvgIpc) is 3.58. The number of fused-ring (bicyclic) bond motifs is 1. The monoisotopic (exact) mass is 422 g/mol. The molecule has 7 heteroatoms. The van der Waals surface area contributed by atoms with Crippen LogP contribution in [0.4, 0.5) is 11.5 Å². The summed E-state index contributed by atoms with van der Waals surface area (Å²) >= 11 is 0. The first kappa shape index (κ1) is 21.3. The Balaban J connectivity index is 1.78. The number of aromatic nitrogens is 1. The van der Waals surface area contributed by atoms with Crippen molar-refractivity contribution in [2.24, 2.45) is 11.8 Å². The topological polar surface area (TPSA) is 94.6 Å². The molecule has 0 unspecified atom stereocenters. The molecule has 0 spiro atoms. The minimum Gasteiger partial charge on any atom is -0.395 e. The van der Waals surface area contributed by atoms with Gasteiger partial charge in [0.25, 0.3) is 5.91 Å². The van der Waals surface area contributed by atoms with Gasteiger partial charge in [0.1, 0.15) is 5.82 Å². The Hall–Kier alpha value is -2.93. The van der Waals surface area contributed by atoms with E-state index in [-0.39, 0.29) is 43.0 Å². The van der Waals surface area contributed by atoms with Gasteiger partial charge in [0.15, 0.2) is 0 Å². The third-order valence-electron chi connectivity index (χ3n) is 6.28. The van der Waals surface area contributed by atoms with Crippen molar-refractivity contribution in [3.05, 3.63) is 53.2 Å². The van der Waals surface area contributed by atoms with Crippen molar-refractivity contribution in [2.45, 2.75) is 45.7 Å². The SMILES string of the molecule is CC(=O)N1c2ccc(C(=O)NCCO)cc2[C@H](Nc2cccc(C)n2)[C@@H](C)[C@@H]1C1CC1. The summed E-state index contributed by atoms with van der Waals surface area (Å²) in [6.45, 7) is 5.83. The minimum atomic E-state index is -0.240. The molecule has 164 valence electrons. The molecule has 2 aromatic rings. The molecule has 0 radical (unpaired) electrons. The lowest BCUT2D eigenvalue weighted by atomic mass is 9.79. The molecule has 2 heterocycles. The Morgan fingerprint density at radius 3 is 2.65 bits per heavy atom. The summed E-state index contributed by atoms with van der Waals surface area (Å²) in [5, 5.41) is 15.3. The van der Waals surface area contributed by atoms with Crippen LogP contribution in [0.5, 0.6) is 0 Å². The second kappa shape index (κ2) is 8.67. The van der Waals surface area contributed by atoms with Crippen molar-refractivity contribution in [1.82, 2.24) is 10.3 Å². The largest absolute Gasteiger partial charge is 0.395 e. The molecule has 2 amide bonds. The first-order chi connectivity index (χ1) is 14.9. The van der Waals surface area contributed by atoms with Gasteiger partial charge in [-0.05, 0) is 61.6 Å². The van der Waals surface area contributed by atoms with Crippen LogP contribution in [0.15, 0.2) is 36.4 Å². The quantitative estimate of drug-likeness (QED) is 0.665. The summed E-state index contributed by atoms with van der Waals surface area (Å²) in [4.78, 5) is 31.8. The first-order valence-electron chi connectivity index (χ1n) is 10.9. The predicted molar refractivity (Wildman–Crippen MR) is 120 cm³/mol. The van der Waals surface area contributed by atoms with Gasteiger partial charge in [-0.25, -0.2) is 4.98 Å². The number of pyridine rings is 1.